The van der Waals surface area contributed by atoms with Crippen molar-refractivity contribution in [2.45, 2.75) is 171 Å². The molecule has 0 aromatic rings. The average molecular weight is 633 g/mol. The Morgan fingerprint density at radius 1 is 0.619 bits per heavy atom. The van der Waals surface area contributed by atoms with Crippen molar-refractivity contribution in [3.05, 3.63) is 0 Å². The fourth-order valence-corrected chi connectivity index (χ4v) is 14.5. The first-order valence-electron chi connectivity index (χ1n) is 18.1. The SMILES string of the molecule is CCC[N+](C(C)C)(C(C)C)[SiH](OCC)OCC.CCO[Si](OCC)(N(CC)C1CCCCC1)N(CC)C1CCCCC1. The van der Waals surface area contributed by atoms with Gasteiger partial charge in [0.15, 0.2) is 0 Å². The molecule has 2 aliphatic carbocycles. The van der Waals surface area contributed by atoms with Crippen molar-refractivity contribution in [2.24, 2.45) is 0 Å². The zero-order valence-electron chi connectivity index (χ0n) is 30.1. The molecule has 42 heavy (non-hydrogen) atoms. The lowest BCUT2D eigenvalue weighted by atomic mass is 9.95. The highest BCUT2D eigenvalue weighted by atomic mass is 28.4. The Labute approximate surface area is 265 Å². The van der Waals surface area contributed by atoms with Gasteiger partial charge in [-0.25, -0.2) is 0 Å². The van der Waals surface area contributed by atoms with Gasteiger partial charge < -0.3 is 21.9 Å². The van der Waals surface area contributed by atoms with E-state index in [0.717, 1.165) is 50.2 Å². The molecule has 0 atom stereocenters. The largest absolute Gasteiger partial charge is 0.587 e. The Kier molecular flexibility index (Phi) is 20.9. The van der Waals surface area contributed by atoms with Crippen molar-refractivity contribution in [2.75, 3.05) is 46.1 Å². The van der Waals surface area contributed by atoms with Crippen molar-refractivity contribution >= 4 is 18.3 Å². The summed E-state index contributed by atoms with van der Waals surface area (Å²) in [5, 5.41) is 0. The quantitative estimate of drug-likeness (QED) is 0.137. The Balaban J connectivity index is 0.000000456. The minimum atomic E-state index is -2.56. The van der Waals surface area contributed by atoms with E-state index in [9.17, 15) is 0 Å². The average Bonchev–Trinajstić information content (AvgIpc) is 2.98. The molecule has 7 nitrogen and oxygen atoms in total. The minimum Gasteiger partial charge on any atom is -0.371 e. The van der Waals surface area contributed by atoms with Gasteiger partial charge in [-0.05, 0) is 101 Å². The molecule has 9 heteroatoms. The molecule has 0 N–H and O–H groups in total. The van der Waals surface area contributed by atoms with Crippen molar-refractivity contribution in [1.82, 2.24) is 9.13 Å². The topological polar surface area (TPSA) is 43.4 Å². The molecule has 2 rings (SSSR count). The third-order valence-corrected chi connectivity index (χ3v) is 17.3. The molecule has 2 saturated carbocycles. The maximum atomic E-state index is 6.65. The summed E-state index contributed by atoms with van der Waals surface area (Å²) in [6, 6.07) is 2.40. The highest BCUT2D eigenvalue weighted by Crippen LogP contribution is 2.34. The molecule has 2 fully saturated rings. The maximum absolute atomic E-state index is 6.65. The van der Waals surface area contributed by atoms with Gasteiger partial charge >= 0.3 is 18.3 Å². The van der Waals surface area contributed by atoms with E-state index in [2.05, 4.69) is 85.3 Å². The van der Waals surface area contributed by atoms with Gasteiger partial charge in [-0.2, -0.15) is 0 Å². The van der Waals surface area contributed by atoms with Gasteiger partial charge in [0, 0.05) is 38.5 Å². The predicted octanol–water partition coefficient (Wildman–Crippen LogP) is 7.62. The van der Waals surface area contributed by atoms with Crippen LogP contribution in [0, 0.1) is 0 Å². The van der Waals surface area contributed by atoms with Crippen LogP contribution in [0.1, 0.15) is 147 Å². The van der Waals surface area contributed by atoms with Crippen molar-refractivity contribution in [3.63, 3.8) is 0 Å². The van der Waals surface area contributed by atoms with E-state index in [1.807, 2.05) is 0 Å². The van der Waals surface area contributed by atoms with Crippen LogP contribution in [0.4, 0.5) is 0 Å². The van der Waals surface area contributed by atoms with Gasteiger partial charge in [0.05, 0.1) is 18.6 Å². The summed E-state index contributed by atoms with van der Waals surface area (Å²) in [7, 11) is -4.24. The van der Waals surface area contributed by atoms with Crippen LogP contribution in [0.3, 0.4) is 0 Å². The Morgan fingerprint density at radius 2 is 1.00 bits per heavy atom. The van der Waals surface area contributed by atoms with E-state index in [-0.39, 0.29) is 0 Å². The van der Waals surface area contributed by atoms with E-state index in [1.165, 1.54) is 70.6 Å². The molecule has 0 bridgehead atoms. The first kappa shape index (κ1) is 40.2. The van der Waals surface area contributed by atoms with E-state index in [1.54, 1.807) is 0 Å². The standard InChI is InChI=1S/C20H42N2O2Si.C13H32NO2Si/c1-5-21(19-15-11-9-12-16-19)25(23-7-3,24-8-4)22(6-2)20-17-13-10-14-18-20;1-8-11-14(12(4)5,13(6)7)17(15-9-2)16-10-3/h19-20H,5-18H2,1-4H3;12-13,17H,8-11H2,1-7H3/q;+1. The van der Waals surface area contributed by atoms with Crippen LogP contribution in [0.5, 0.6) is 0 Å². The molecule has 0 aromatic carbocycles. The summed E-state index contributed by atoms with van der Waals surface area (Å²) in [5.41, 5.74) is 0. The van der Waals surface area contributed by atoms with Crippen LogP contribution >= 0.6 is 0 Å². The van der Waals surface area contributed by atoms with Crippen molar-refractivity contribution in [3.8, 4) is 0 Å². The lowest BCUT2D eigenvalue weighted by Crippen LogP contribution is -2.74. The second-order valence-electron chi connectivity index (χ2n) is 12.7. The van der Waals surface area contributed by atoms with E-state index < -0.39 is 18.3 Å². The Bertz CT molecular complexity index is 613. The van der Waals surface area contributed by atoms with Gasteiger partial charge in [0.1, 0.15) is 0 Å². The normalized spacial score (nSPS) is 18.0. The maximum Gasteiger partial charge on any atom is 0.587 e. The van der Waals surface area contributed by atoms with Crippen LogP contribution in [0.15, 0.2) is 0 Å². The molecular formula is C33H74N3O4Si2+. The van der Waals surface area contributed by atoms with Gasteiger partial charge in [-0.1, -0.05) is 59.3 Å². The zero-order chi connectivity index (χ0) is 31.6. The van der Waals surface area contributed by atoms with Crippen LogP contribution in [-0.2, 0) is 17.7 Å². The summed E-state index contributed by atoms with van der Waals surface area (Å²) in [5.74, 6) is 0. The smallest absolute Gasteiger partial charge is 0.371 e. The minimum absolute atomic E-state index is 0.560. The molecule has 252 valence electrons. The van der Waals surface area contributed by atoms with Crippen LogP contribution < -0.4 is 0 Å². The van der Waals surface area contributed by atoms with E-state index in [0.29, 0.717) is 24.2 Å². The second-order valence-corrected chi connectivity index (χ2v) is 17.8. The number of quaternary nitrogens is 1. The summed E-state index contributed by atoms with van der Waals surface area (Å²) in [4.78, 5) is 0. The Morgan fingerprint density at radius 3 is 1.26 bits per heavy atom. The molecule has 0 spiro atoms. The van der Waals surface area contributed by atoms with Crippen LogP contribution in [0.2, 0.25) is 0 Å². The van der Waals surface area contributed by atoms with Crippen LogP contribution in [-0.4, -0.2) is 102 Å². The highest BCUT2D eigenvalue weighted by Gasteiger charge is 2.55. The fourth-order valence-electron chi connectivity index (χ4n) is 7.78. The number of hydrogen-bond donors (Lipinski definition) is 0. The van der Waals surface area contributed by atoms with E-state index in [4.69, 9.17) is 17.7 Å². The summed E-state index contributed by atoms with van der Waals surface area (Å²) in [6.07, 6.45) is 14.7. The lowest BCUT2D eigenvalue weighted by Gasteiger charge is -2.51. The second kappa shape index (κ2) is 21.8. The van der Waals surface area contributed by atoms with Crippen molar-refractivity contribution < 1.29 is 21.9 Å². The Hall–Kier alpha value is 0.154. The molecular weight excluding hydrogens is 559 g/mol. The highest BCUT2D eigenvalue weighted by molar-refractivity contribution is 6.61. The third kappa shape index (κ3) is 10.6. The molecule has 0 aliphatic heterocycles. The van der Waals surface area contributed by atoms with E-state index >= 15 is 0 Å². The summed E-state index contributed by atoms with van der Waals surface area (Å²) >= 11 is 0. The first-order chi connectivity index (χ1) is 20.2. The number of nitrogens with zero attached hydrogens (tertiary/aromatic N) is 3. The summed E-state index contributed by atoms with van der Waals surface area (Å²) in [6.45, 7) is 30.8. The number of hydrogen-bond acceptors (Lipinski definition) is 6. The molecule has 0 saturated heterocycles. The molecule has 0 radical (unpaired) electrons. The molecule has 0 unspecified atom stereocenters. The van der Waals surface area contributed by atoms with Crippen molar-refractivity contribution in [1.29, 1.82) is 0 Å². The summed E-state index contributed by atoms with van der Waals surface area (Å²) < 4.78 is 31.7. The molecule has 0 amide bonds. The zero-order valence-corrected chi connectivity index (χ0v) is 32.2. The predicted molar refractivity (Wildman–Crippen MR) is 184 cm³/mol. The monoisotopic (exact) mass is 633 g/mol. The van der Waals surface area contributed by atoms with Gasteiger partial charge in [-0.3, -0.25) is 9.13 Å². The molecule has 0 heterocycles. The first-order valence-corrected chi connectivity index (χ1v) is 21.3. The third-order valence-electron chi connectivity index (χ3n) is 9.65. The lowest BCUT2D eigenvalue weighted by molar-refractivity contribution is -0.885. The van der Waals surface area contributed by atoms with Gasteiger partial charge in [-0.15, -0.1) is 0 Å². The molecule has 0 aromatic heterocycles. The van der Waals surface area contributed by atoms with Gasteiger partial charge in [0.25, 0.3) is 0 Å². The number of rotatable bonds is 19. The molecule has 2 aliphatic rings. The van der Waals surface area contributed by atoms with Crippen LogP contribution in [0.25, 0.3) is 0 Å². The fraction of sp³-hybridized carbons (Fsp3) is 1.00. The van der Waals surface area contributed by atoms with Gasteiger partial charge in [0.2, 0.25) is 0 Å².